The molecular weight excluding hydrogens is 423 g/mol. The van der Waals surface area contributed by atoms with E-state index in [9.17, 15) is 14.0 Å². The maximum Gasteiger partial charge on any atom is 0.251 e. The molecule has 3 rings (SSSR count). The van der Waals surface area contributed by atoms with Gasteiger partial charge in [0.05, 0.1) is 5.69 Å². The molecule has 0 saturated carbocycles. The third-order valence-corrected chi connectivity index (χ3v) is 5.89. The Balaban J connectivity index is 1.63. The van der Waals surface area contributed by atoms with Crippen molar-refractivity contribution in [3.05, 3.63) is 95.3 Å². The maximum absolute atomic E-state index is 13.3. The molecule has 0 bridgehead atoms. The van der Waals surface area contributed by atoms with E-state index >= 15 is 0 Å². The second-order valence-electron chi connectivity index (χ2n) is 8.50. The molecule has 0 atom stereocenters. The molecule has 0 aliphatic rings. The molecule has 0 radical (unpaired) electrons. The largest absolute Gasteiger partial charge is 0.348 e. The molecule has 2 amide bonds. The Morgan fingerprint density at radius 2 is 1.62 bits per heavy atom. The topological polar surface area (TPSA) is 58.2 Å². The van der Waals surface area contributed by atoms with Crippen molar-refractivity contribution in [1.82, 2.24) is 5.32 Å². The average molecular weight is 451 g/mol. The zero-order valence-corrected chi connectivity index (χ0v) is 19.3. The molecule has 166 valence electrons. The van der Waals surface area contributed by atoms with Crippen molar-refractivity contribution >= 4 is 29.3 Å². The van der Waals surface area contributed by atoms with Gasteiger partial charge in [-0.25, -0.2) is 4.39 Å². The normalized spacial score (nSPS) is 11.1. The minimum Gasteiger partial charge on any atom is -0.348 e. The van der Waals surface area contributed by atoms with E-state index in [4.69, 9.17) is 0 Å². The van der Waals surface area contributed by atoms with Crippen molar-refractivity contribution < 1.29 is 14.0 Å². The number of para-hydroxylation sites is 1. The Morgan fingerprint density at radius 3 is 2.38 bits per heavy atom. The number of thioether (sulfide) groups is 1. The number of anilines is 1. The van der Waals surface area contributed by atoms with Crippen LogP contribution in [0.15, 0.2) is 77.7 Å². The smallest absolute Gasteiger partial charge is 0.251 e. The summed E-state index contributed by atoms with van der Waals surface area (Å²) < 4.78 is 13.3. The molecule has 32 heavy (non-hydrogen) atoms. The predicted octanol–water partition coefficient (Wildman–Crippen LogP) is 6.03. The SMILES string of the molecule is CC(C)(C)C(=O)Nc1ccccc1SCc1cccc(C(=O)NCc2cccc(F)c2)c1. The molecule has 0 aromatic heterocycles. The summed E-state index contributed by atoms with van der Waals surface area (Å²) in [6.45, 7) is 5.89. The first-order valence-corrected chi connectivity index (χ1v) is 11.4. The minimum absolute atomic E-state index is 0.0393. The van der Waals surface area contributed by atoms with Crippen molar-refractivity contribution in [2.24, 2.45) is 5.41 Å². The maximum atomic E-state index is 13.3. The highest BCUT2D eigenvalue weighted by molar-refractivity contribution is 7.98. The summed E-state index contributed by atoms with van der Waals surface area (Å²) in [5.41, 5.74) is 2.55. The highest BCUT2D eigenvalue weighted by Gasteiger charge is 2.22. The van der Waals surface area contributed by atoms with Gasteiger partial charge in [0.25, 0.3) is 5.91 Å². The van der Waals surface area contributed by atoms with Crippen LogP contribution >= 0.6 is 11.8 Å². The molecule has 0 spiro atoms. The van der Waals surface area contributed by atoms with Gasteiger partial charge in [-0.3, -0.25) is 9.59 Å². The van der Waals surface area contributed by atoms with Crippen molar-refractivity contribution in [1.29, 1.82) is 0 Å². The van der Waals surface area contributed by atoms with E-state index in [0.717, 1.165) is 16.1 Å². The lowest BCUT2D eigenvalue weighted by atomic mass is 9.95. The number of hydrogen-bond donors (Lipinski definition) is 2. The zero-order chi connectivity index (χ0) is 23.1. The molecule has 0 aliphatic heterocycles. The monoisotopic (exact) mass is 450 g/mol. The lowest BCUT2D eigenvalue weighted by Gasteiger charge is -2.19. The third-order valence-electron chi connectivity index (χ3n) is 4.74. The number of carbonyl (C=O) groups excluding carboxylic acids is 2. The molecule has 3 aromatic rings. The molecule has 0 heterocycles. The number of halogens is 1. The van der Waals surface area contributed by atoms with Gasteiger partial charge >= 0.3 is 0 Å². The highest BCUT2D eigenvalue weighted by Crippen LogP contribution is 2.31. The van der Waals surface area contributed by atoms with Crippen LogP contribution in [0.4, 0.5) is 10.1 Å². The van der Waals surface area contributed by atoms with Crippen LogP contribution in [0.25, 0.3) is 0 Å². The van der Waals surface area contributed by atoms with E-state index in [0.29, 0.717) is 16.9 Å². The molecular formula is C26H27FN2O2S. The highest BCUT2D eigenvalue weighted by atomic mass is 32.2. The number of amides is 2. The molecule has 4 nitrogen and oxygen atoms in total. The fourth-order valence-electron chi connectivity index (χ4n) is 2.90. The van der Waals surface area contributed by atoms with E-state index < -0.39 is 5.41 Å². The molecule has 0 unspecified atom stereocenters. The van der Waals surface area contributed by atoms with Gasteiger partial charge in [-0.2, -0.15) is 0 Å². The quantitative estimate of drug-likeness (QED) is 0.432. The Bertz CT molecular complexity index is 1110. The summed E-state index contributed by atoms with van der Waals surface area (Å²) in [6, 6.07) is 21.3. The van der Waals surface area contributed by atoms with Crippen LogP contribution in [0.1, 0.15) is 42.3 Å². The Kier molecular flexibility index (Phi) is 7.70. The zero-order valence-electron chi connectivity index (χ0n) is 18.4. The first kappa shape index (κ1) is 23.5. The van der Waals surface area contributed by atoms with Gasteiger partial charge in [0.1, 0.15) is 5.82 Å². The molecule has 2 N–H and O–H groups in total. The first-order valence-electron chi connectivity index (χ1n) is 10.4. The second-order valence-corrected chi connectivity index (χ2v) is 9.52. The van der Waals surface area contributed by atoms with E-state index in [1.54, 1.807) is 30.0 Å². The van der Waals surface area contributed by atoms with Gasteiger partial charge in [-0.05, 0) is 47.5 Å². The third kappa shape index (κ3) is 6.69. The lowest BCUT2D eigenvalue weighted by molar-refractivity contribution is -0.123. The molecule has 0 fully saturated rings. The molecule has 0 saturated heterocycles. The lowest BCUT2D eigenvalue weighted by Crippen LogP contribution is -2.27. The predicted molar refractivity (Wildman–Crippen MR) is 128 cm³/mol. The van der Waals surface area contributed by atoms with E-state index in [-0.39, 0.29) is 24.2 Å². The first-order chi connectivity index (χ1) is 15.2. The van der Waals surface area contributed by atoms with Crippen LogP contribution in [-0.2, 0) is 17.1 Å². The average Bonchev–Trinajstić information content (AvgIpc) is 2.76. The van der Waals surface area contributed by atoms with Gasteiger partial charge < -0.3 is 10.6 Å². The summed E-state index contributed by atoms with van der Waals surface area (Å²) in [4.78, 5) is 25.9. The number of nitrogens with one attached hydrogen (secondary N) is 2. The van der Waals surface area contributed by atoms with Crippen LogP contribution in [0.3, 0.4) is 0 Å². The van der Waals surface area contributed by atoms with Gasteiger partial charge in [-0.1, -0.05) is 57.2 Å². The summed E-state index contributed by atoms with van der Waals surface area (Å²) in [6.07, 6.45) is 0. The van der Waals surface area contributed by atoms with Crippen LogP contribution in [0.2, 0.25) is 0 Å². The molecule has 0 aliphatic carbocycles. The summed E-state index contributed by atoms with van der Waals surface area (Å²) in [5.74, 6) is 0.0733. The van der Waals surface area contributed by atoms with Crippen molar-refractivity contribution in [2.45, 2.75) is 38.0 Å². The number of carbonyl (C=O) groups is 2. The number of hydrogen-bond acceptors (Lipinski definition) is 3. The fourth-order valence-corrected chi connectivity index (χ4v) is 3.85. The summed E-state index contributed by atoms with van der Waals surface area (Å²) in [7, 11) is 0. The van der Waals surface area contributed by atoms with Crippen LogP contribution < -0.4 is 10.6 Å². The van der Waals surface area contributed by atoms with Crippen LogP contribution in [-0.4, -0.2) is 11.8 Å². The van der Waals surface area contributed by atoms with Gasteiger partial charge in [-0.15, -0.1) is 11.8 Å². The van der Waals surface area contributed by atoms with Gasteiger partial charge in [0.2, 0.25) is 5.91 Å². The van der Waals surface area contributed by atoms with E-state index in [1.807, 2.05) is 63.2 Å². The van der Waals surface area contributed by atoms with Crippen molar-refractivity contribution in [2.75, 3.05) is 5.32 Å². The minimum atomic E-state index is -0.481. The fraction of sp³-hybridized carbons (Fsp3) is 0.231. The number of benzene rings is 3. The van der Waals surface area contributed by atoms with Gasteiger partial charge in [0.15, 0.2) is 0 Å². The summed E-state index contributed by atoms with van der Waals surface area (Å²) >= 11 is 1.60. The van der Waals surface area contributed by atoms with E-state index in [2.05, 4.69) is 10.6 Å². The summed E-state index contributed by atoms with van der Waals surface area (Å²) in [5, 5.41) is 5.83. The standard InChI is InChI=1S/C26H27FN2O2S/c1-26(2,3)25(31)29-22-12-4-5-13-23(22)32-17-19-9-6-10-20(14-19)24(30)28-16-18-8-7-11-21(27)15-18/h4-15H,16-17H2,1-3H3,(H,28,30)(H,29,31). The molecule has 6 heteroatoms. The second kappa shape index (κ2) is 10.5. The number of rotatable bonds is 7. The Morgan fingerprint density at radius 1 is 0.906 bits per heavy atom. The van der Waals surface area contributed by atoms with Crippen molar-refractivity contribution in [3.8, 4) is 0 Å². The Hall–Kier alpha value is -3.12. The van der Waals surface area contributed by atoms with E-state index in [1.165, 1.54) is 12.1 Å². The van der Waals surface area contributed by atoms with Crippen LogP contribution in [0, 0.1) is 11.2 Å². The molecule has 3 aromatic carbocycles. The Labute approximate surface area is 192 Å². The van der Waals surface area contributed by atoms with Crippen LogP contribution in [0.5, 0.6) is 0 Å². The van der Waals surface area contributed by atoms with Gasteiger partial charge in [0, 0.05) is 28.2 Å². The van der Waals surface area contributed by atoms with Crippen molar-refractivity contribution in [3.63, 3.8) is 0 Å².